The molecule has 0 aromatic heterocycles. The van der Waals surface area contributed by atoms with Crippen molar-refractivity contribution in [2.75, 3.05) is 26.3 Å². The van der Waals surface area contributed by atoms with Crippen molar-refractivity contribution in [1.82, 2.24) is 5.32 Å². The monoisotopic (exact) mass is 199 g/mol. The van der Waals surface area contributed by atoms with Crippen LogP contribution in [0.5, 0.6) is 0 Å². The molecule has 2 N–H and O–H groups in total. The first-order chi connectivity index (χ1) is 6.75. The van der Waals surface area contributed by atoms with Gasteiger partial charge in [0.1, 0.15) is 0 Å². The third-order valence-electron chi connectivity index (χ3n) is 3.57. The Hall–Kier alpha value is -0.610. The third kappa shape index (κ3) is 1.64. The molecule has 0 saturated carbocycles. The van der Waals surface area contributed by atoms with Crippen molar-refractivity contribution >= 4 is 5.97 Å². The normalized spacial score (nSPS) is 38.4. The van der Waals surface area contributed by atoms with Crippen molar-refractivity contribution in [3.8, 4) is 0 Å². The maximum atomic E-state index is 11.1. The molecule has 2 rings (SSSR count). The molecular weight excluding hydrogens is 182 g/mol. The zero-order chi connectivity index (χ0) is 10.0. The third-order valence-corrected chi connectivity index (χ3v) is 3.57. The van der Waals surface area contributed by atoms with Gasteiger partial charge in [0.05, 0.1) is 5.92 Å². The molecule has 0 aromatic rings. The number of carbonyl (C=O) groups is 1. The van der Waals surface area contributed by atoms with E-state index in [2.05, 4.69) is 5.32 Å². The summed E-state index contributed by atoms with van der Waals surface area (Å²) in [5, 5.41) is 12.3. The fourth-order valence-corrected chi connectivity index (χ4v) is 2.71. The van der Waals surface area contributed by atoms with E-state index in [9.17, 15) is 4.79 Å². The Labute approximate surface area is 83.6 Å². The molecule has 2 atom stereocenters. The summed E-state index contributed by atoms with van der Waals surface area (Å²) in [5.74, 6) is -0.874. The standard InChI is InChI=1S/C10H17NO3/c12-9(13)8-6-11-7-10(8)2-1-4-14-5-3-10/h8,11H,1-7H2,(H,12,13). The minimum atomic E-state index is -0.656. The summed E-state index contributed by atoms with van der Waals surface area (Å²) in [6, 6.07) is 0. The van der Waals surface area contributed by atoms with E-state index in [1.807, 2.05) is 0 Å². The second kappa shape index (κ2) is 3.87. The summed E-state index contributed by atoms with van der Waals surface area (Å²) >= 11 is 0. The van der Waals surface area contributed by atoms with Crippen molar-refractivity contribution in [2.45, 2.75) is 19.3 Å². The largest absolute Gasteiger partial charge is 0.481 e. The first-order valence-electron chi connectivity index (χ1n) is 5.26. The summed E-state index contributed by atoms with van der Waals surface area (Å²) in [6.07, 6.45) is 2.86. The number of ether oxygens (including phenoxy) is 1. The first kappa shape index (κ1) is 9.93. The van der Waals surface area contributed by atoms with Gasteiger partial charge < -0.3 is 15.2 Å². The molecule has 2 heterocycles. The zero-order valence-corrected chi connectivity index (χ0v) is 8.29. The van der Waals surface area contributed by atoms with Gasteiger partial charge in [-0.3, -0.25) is 4.79 Å². The van der Waals surface area contributed by atoms with Gasteiger partial charge in [0.25, 0.3) is 0 Å². The van der Waals surface area contributed by atoms with E-state index in [1.54, 1.807) is 0 Å². The van der Waals surface area contributed by atoms with E-state index in [0.29, 0.717) is 13.2 Å². The number of carboxylic acids is 1. The lowest BCUT2D eigenvalue weighted by Crippen LogP contribution is -2.35. The number of hydrogen-bond donors (Lipinski definition) is 2. The van der Waals surface area contributed by atoms with E-state index >= 15 is 0 Å². The maximum absolute atomic E-state index is 11.1. The van der Waals surface area contributed by atoms with Crippen LogP contribution >= 0.6 is 0 Å². The van der Waals surface area contributed by atoms with Gasteiger partial charge in [0, 0.05) is 26.3 Å². The molecule has 4 nitrogen and oxygen atoms in total. The molecule has 0 aromatic carbocycles. The molecule has 2 unspecified atom stereocenters. The minimum Gasteiger partial charge on any atom is -0.481 e. The molecule has 2 fully saturated rings. The van der Waals surface area contributed by atoms with E-state index in [4.69, 9.17) is 9.84 Å². The Morgan fingerprint density at radius 2 is 2.29 bits per heavy atom. The molecule has 0 bridgehead atoms. The number of rotatable bonds is 1. The predicted octanol–water partition coefficient (Wildman–Crippen LogP) is 0.477. The van der Waals surface area contributed by atoms with E-state index in [-0.39, 0.29) is 11.3 Å². The van der Waals surface area contributed by atoms with Crippen molar-refractivity contribution in [1.29, 1.82) is 0 Å². The van der Waals surface area contributed by atoms with E-state index in [1.165, 1.54) is 0 Å². The van der Waals surface area contributed by atoms with Crippen molar-refractivity contribution < 1.29 is 14.6 Å². The van der Waals surface area contributed by atoms with Gasteiger partial charge in [-0.2, -0.15) is 0 Å². The predicted molar refractivity (Wildman–Crippen MR) is 51.1 cm³/mol. The molecule has 2 aliphatic rings. The van der Waals surface area contributed by atoms with Crippen LogP contribution in [0.4, 0.5) is 0 Å². The molecule has 14 heavy (non-hydrogen) atoms. The van der Waals surface area contributed by atoms with Gasteiger partial charge in [0.2, 0.25) is 0 Å². The molecular formula is C10H17NO3. The zero-order valence-electron chi connectivity index (χ0n) is 8.29. The highest BCUT2D eigenvalue weighted by atomic mass is 16.5. The smallest absolute Gasteiger partial charge is 0.308 e. The molecule has 0 aliphatic carbocycles. The fraction of sp³-hybridized carbons (Fsp3) is 0.900. The Kier molecular flexibility index (Phi) is 2.74. The van der Waals surface area contributed by atoms with Crippen LogP contribution < -0.4 is 5.32 Å². The van der Waals surface area contributed by atoms with Gasteiger partial charge in [-0.05, 0) is 24.7 Å². The Bertz CT molecular complexity index is 221. The van der Waals surface area contributed by atoms with Crippen LogP contribution in [0.15, 0.2) is 0 Å². The van der Waals surface area contributed by atoms with E-state index < -0.39 is 5.97 Å². The SMILES string of the molecule is O=C(O)C1CNCC12CCCOCC2. The van der Waals surface area contributed by atoms with Gasteiger partial charge >= 0.3 is 5.97 Å². The number of nitrogens with one attached hydrogen (secondary N) is 1. The lowest BCUT2D eigenvalue weighted by Gasteiger charge is -2.30. The Morgan fingerprint density at radius 1 is 1.43 bits per heavy atom. The van der Waals surface area contributed by atoms with Crippen LogP contribution in [-0.2, 0) is 9.53 Å². The minimum absolute atomic E-state index is 0.0394. The van der Waals surface area contributed by atoms with Crippen LogP contribution in [0.1, 0.15) is 19.3 Å². The second-order valence-electron chi connectivity index (χ2n) is 4.35. The number of carboxylic acid groups (broad SMARTS) is 1. The van der Waals surface area contributed by atoms with Gasteiger partial charge in [-0.15, -0.1) is 0 Å². The highest BCUT2D eigenvalue weighted by Crippen LogP contribution is 2.41. The summed E-state index contributed by atoms with van der Waals surface area (Å²) in [7, 11) is 0. The van der Waals surface area contributed by atoms with Gasteiger partial charge in [-0.25, -0.2) is 0 Å². The Balaban J connectivity index is 2.14. The van der Waals surface area contributed by atoms with Crippen molar-refractivity contribution in [3.05, 3.63) is 0 Å². The van der Waals surface area contributed by atoms with Crippen LogP contribution in [-0.4, -0.2) is 37.4 Å². The van der Waals surface area contributed by atoms with Crippen LogP contribution in [0, 0.1) is 11.3 Å². The summed E-state index contributed by atoms with van der Waals surface area (Å²) in [4.78, 5) is 11.1. The summed E-state index contributed by atoms with van der Waals surface area (Å²) in [6.45, 7) is 2.96. The quantitative estimate of drug-likeness (QED) is 0.645. The lowest BCUT2D eigenvalue weighted by atomic mass is 9.72. The lowest BCUT2D eigenvalue weighted by molar-refractivity contribution is -0.145. The highest BCUT2D eigenvalue weighted by molar-refractivity contribution is 5.72. The number of hydrogen-bond acceptors (Lipinski definition) is 3. The van der Waals surface area contributed by atoms with Crippen LogP contribution in [0.3, 0.4) is 0 Å². The maximum Gasteiger partial charge on any atom is 0.308 e. The van der Waals surface area contributed by atoms with Crippen molar-refractivity contribution in [2.24, 2.45) is 11.3 Å². The fourth-order valence-electron chi connectivity index (χ4n) is 2.71. The first-order valence-corrected chi connectivity index (χ1v) is 5.26. The second-order valence-corrected chi connectivity index (χ2v) is 4.35. The topological polar surface area (TPSA) is 58.6 Å². The Morgan fingerprint density at radius 3 is 3.07 bits per heavy atom. The molecule has 4 heteroatoms. The average Bonchev–Trinajstić information content (AvgIpc) is 2.39. The highest BCUT2D eigenvalue weighted by Gasteiger charge is 2.46. The van der Waals surface area contributed by atoms with Crippen molar-refractivity contribution in [3.63, 3.8) is 0 Å². The summed E-state index contributed by atoms with van der Waals surface area (Å²) < 4.78 is 5.39. The van der Waals surface area contributed by atoms with Gasteiger partial charge in [0.15, 0.2) is 0 Å². The summed E-state index contributed by atoms with van der Waals surface area (Å²) in [5.41, 5.74) is -0.0394. The van der Waals surface area contributed by atoms with Gasteiger partial charge in [-0.1, -0.05) is 0 Å². The molecule has 2 saturated heterocycles. The average molecular weight is 199 g/mol. The van der Waals surface area contributed by atoms with Crippen LogP contribution in [0.25, 0.3) is 0 Å². The molecule has 80 valence electrons. The van der Waals surface area contributed by atoms with Crippen LogP contribution in [0.2, 0.25) is 0 Å². The molecule has 2 aliphatic heterocycles. The molecule has 0 amide bonds. The molecule has 0 radical (unpaired) electrons. The number of aliphatic carboxylic acids is 1. The van der Waals surface area contributed by atoms with E-state index in [0.717, 1.165) is 32.4 Å². The molecule has 1 spiro atoms.